The van der Waals surface area contributed by atoms with Crippen LogP contribution in [0.2, 0.25) is 0 Å². The minimum Gasteiger partial charge on any atom is -0.355 e. The van der Waals surface area contributed by atoms with Crippen molar-refractivity contribution in [3.63, 3.8) is 0 Å². The molecule has 2 aliphatic heterocycles. The standard InChI is InChI=1S/C13H22F3N3O/c14-13(15,16)9-19-7-4-10(5-8-19)18-11-3-1-2-6-17-12(11)20/h10-11,18H,1-9H2,(H,17,20). The van der Waals surface area contributed by atoms with E-state index in [1.54, 1.807) is 0 Å². The van der Waals surface area contributed by atoms with E-state index in [2.05, 4.69) is 10.6 Å². The van der Waals surface area contributed by atoms with Gasteiger partial charge in [-0.05, 0) is 45.2 Å². The number of rotatable bonds is 3. The van der Waals surface area contributed by atoms with Crippen LogP contribution in [-0.4, -0.2) is 55.2 Å². The molecule has 0 bridgehead atoms. The first-order valence-electron chi connectivity index (χ1n) is 7.27. The minimum atomic E-state index is -4.12. The predicted octanol–water partition coefficient (Wildman–Crippen LogP) is 1.27. The largest absolute Gasteiger partial charge is 0.401 e. The van der Waals surface area contributed by atoms with Gasteiger partial charge in [-0.1, -0.05) is 0 Å². The van der Waals surface area contributed by atoms with Crippen molar-refractivity contribution in [1.29, 1.82) is 0 Å². The van der Waals surface area contributed by atoms with Gasteiger partial charge in [0.15, 0.2) is 0 Å². The van der Waals surface area contributed by atoms with Crippen LogP contribution in [0.1, 0.15) is 32.1 Å². The number of nitrogens with zero attached hydrogens (tertiary/aromatic N) is 1. The van der Waals surface area contributed by atoms with E-state index in [4.69, 9.17) is 0 Å². The Balaban J connectivity index is 1.75. The average molecular weight is 293 g/mol. The highest BCUT2D eigenvalue weighted by molar-refractivity contribution is 5.81. The minimum absolute atomic E-state index is 0.0280. The SMILES string of the molecule is O=C1NCCCCC1NC1CCN(CC(F)(F)F)CC1. The van der Waals surface area contributed by atoms with Crippen LogP contribution in [0.15, 0.2) is 0 Å². The van der Waals surface area contributed by atoms with E-state index in [0.29, 0.717) is 25.9 Å². The first kappa shape index (κ1) is 15.6. The third kappa shape index (κ3) is 4.94. The Morgan fingerprint density at radius 1 is 1.20 bits per heavy atom. The summed E-state index contributed by atoms with van der Waals surface area (Å²) in [6.07, 6.45) is 0.0209. The van der Waals surface area contributed by atoms with Crippen LogP contribution in [0.3, 0.4) is 0 Å². The van der Waals surface area contributed by atoms with Crippen molar-refractivity contribution >= 4 is 5.91 Å². The van der Waals surface area contributed by atoms with Crippen LogP contribution in [-0.2, 0) is 4.79 Å². The van der Waals surface area contributed by atoms with Gasteiger partial charge in [0.05, 0.1) is 12.6 Å². The highest BCUT2D eigenvalue weighted by atomic mass is 19.4. The molecule has 2 heterocycles. The van der Waals surface area contributed by atoms with Gasteiger partial charge in [-0.3, -0.25) is 9.69 Å². The van der Waals surface area contributed by atoms with Gasteiger partial charge in [-0.2, -0.15) is 13.2 Å². The quantitative estimate of drug-likeness (QED) is 0.824. The van der Waals surface area contributed by atoms with Gasteiger partial charge in [0.25, 0.3) is 0 Å². The lowest BCUT2D eigenvalue weighted by Gasteiger charge is -2.34. The van der Waals surface area contributed by atoms with Crippen molar-refractivity contribution in [1.82, 2.24) is 15.5 Å². The van der Waals surface area contributed by atoms with E-state index in [-0.39, 0.29) is 18.0 Å². The van der Waals surface area contributed by atoms with Crippen molar-refractivity contribution < 1.29 is 18.0 Å². The second-order valence-corrected chi connectivity index (χ2v) is 5.67. The fourth-order valence-electron chi connectivity index (χ4n) is 2.89. The van der Waals surface area contributed by atoms with E-state index in [0.717, 1.165) is 25.8 Å². The van der Waals surface area contributed by atoms with Crippen molar-refractivity contribution in [3.8, 4) is 0 Å². The molecule has 7 heteroatoms. The van der Waals surface area contributed by atoms with Crippen molar-refractivity contribution in [2.24, 2.45) is 0 Å². The number of piperidine rings is 1. The zero-order valence-electron chi connectivity index (χ0n) is 11.5. The molecule has 1 unspecified atom stereocenters. The van der Waals surface area contributed by atoms with Crippen LogP contribution in [0.4, 0.5) is 13.2 Å². The third-order valence-electron chi connectivity index (χ3n) is 3.96. The summed E-state index contributed by atoms with van der Waals surface area (Å²) in [7, 11) is 0. The molecule has 0 radical (unpaired) electrons. The number of hydrogen-bond acceptors (Lipinski definition) is 3. The molecule has 2 rings (SSSR count). The molecule has 0 aromatic heterocycles. The molecule has 116 valence electrons. The molecule has 2 N–H and O–H groups in total. The number of nitrogens with one attached hydrogen (secondary N) is 2. The first-order valence-corrected chi connectivity index (χ1v) is 7.27. The van der Waals surface area contributed by atoms with Crippen molar-refractivity contribution in [3.05, 3.63) is 0 Å². The first-order chi connectivity index (χ1) is 9.44. The Bertz CT molecular complexity index is 327. The number of alkyl halides is 3. The molecule has 1 amide bonds. The number of carbonyl (C=O) groups is 1. The fourth-order valence-corrected chi connectivity index (χ4v) is 2.89. The molecule has 0 aromatic carbocycles. The summed E-state index contributed by atoms with van der Waals surface area (Å²) in [5.41, 5.74) is 0. The predicted molar refractivity (Wildman–Crippen MR) is 69.3 cm³/mol. The number of carbonyl (C=O) groups excluding carboxylic acids is 1. The zero-order valence-corrected chi connectivity index (χ0v) is 11.5. The smallest absolute Gasteiger partial charge is 0.355 e. The van der Waals surface area contributed by atoms with Gasteiger partial charge >= 0.3 is 6.18 Å². The van der Waals surface area contributed by atoms with E-state index in [9.17, 15) is 18.0 Å². The second-order valence-electron chi connectivity index (χ2n) is 5.67. The molecule has 2 fully saturated rings. The van der Waals surface area contributed by atoms with Crippen LogP contribution in [0, 0.1) is 0 Å². The van der Waals surface area contributed by atoms with Crippen LogP contribution < -0.4 is 10.6 Å². The second kappa shape index (κ2) is 6.76. The Morgan fingerprint density at radius 2 is 1.90 bits per heavy atom. The van der Waals surface area contributed by atoms with Crippen LogP contribution in [0.25, 0.3) is 0 Å². The Morgan fingerprint density at radius 3 is 2.55 bits per heavy atom. The Hall–Kier alpha value is -0.820. The molecule has 1 atom stereocenters. The van der Waals surface area contributed by atoms with Gasteiger partial charge in [0.2, 0.25) is 5.91 Å². The number of halogens is 3. The molecule has 0 aromatic rings. The van der Waals surface area contributed by atoms with Gasteiger partial charge < -0.3 is 10.6 Å². The molecule has 0 saturated carbocycles. The topological polar surface area (TPSA) is 44.4 Å². The van der Waals surface area contributed by atoms with Gasteiger partial charge in [-0.15, -0.1) is 0 Å². The number of likely N-dealkylation sites (tertiary alicyclic amines) is 1. The molecule has 0 spiro atoms. The molecule has 0 aliphatic carbocycles. The average Bonchev–Trinajstić information content (AvgIpc) is 2.56. The number of amides is 1. The molecule has 2 aliphatic rings. The molecule has 4 nitrogen and oxygen atoms in total. The summed E-state index contributed by atoms with van der Waals surface area (Å²) in [5.74, 6) is 0.0280. The summed E-state index contributed by atoms with van der Waals surface area (Å²) in [5, 5.41) is 6.17. The van der Waals surface area contributed by atoms with Gasteiger partial charge in [0.1, 0.15) is 0 Å². The molecule has 2 saturated heterocycles. The van der Waals surface area contributed by atoms with Crippen LogP contribution >= 0.6 is 0 Å². The Labute approximate surface area is 117 Å². The third-order valence-corrected chi connectivity index (χ3v) is 3.96. The van der Waals surface area contributed by atoms with Crippen LogP contribution in [0.5, 0.6) is 0 Å². The zero-order chi connectivity index (χ0) is 14.6. The maximum atomic E-state index is 12.3. The monoisotopic (exact) mass is 293 g/mol. The van der Waals surface area contributed by atoms with E-state index >= 15 is 0 Å². The summed E-state index contributed by atoms with van der Waals surface area (Å²) in [6, 6.07) is -0.0370. The highest BCUT2D eigenvalue weighted by Crippen LogP contribution is 2.20. The molecular weight excluding hydrogens is 271 g/mol. The maximum Gasteiger partial charge on any atom is 0.401 e. The number of hydrogen-bond donors (Lipinski definition) is 2. The summed E-state index contributed by atoms with van der Waals surface area (Å²) < 4.78 is 36.9. The van der Waals surface area contributed by atoms with E-state index in [1.807, 2.05) is 0 Å². The molecular formula is C13H22F3N3O. The highest BCUT2D eigenvalue weighted by Gasteiger charge is 2.33. The summed E-state index contributed by atoms with van der Waals surface area (Å²) in [6.45, 7) is 0.766. The normalized spacial score (nSPS) is 27.1. The van der Waals surface area contributed by atoms with Gasteiger partial charge in [0, 0.05) is 12.6 Å². The maximum absolute atomic E-state index is 12.3. The lowest BCUT2D eigenvalue weighted by atomic mass is 10.0. The van der Waals surface area contributed by atoms with Crippen molar-refractivity contribution in [2.45, 2.75) is 50.4 Å². The van der Waals surface area contributed by atoms with E-state index in [1.165, 1.54) is 4.90 Å². The van der Waals surface area contributed by atoms with E-state index < -0.39 is 12.7 Å². The van der Waals surface area contributed by atoms with Crippen molar-refractivity contribution in [2.75, 3.05) is 26.2 Å². The summed E-state index contributed by atoms with van der Waals surface area (Å²) >= 11 is 0. The Kier molecular flexibility index (Phi) is 5.26. The fraction of sp³-hybridized carbons (Fsp3) is 0.923. The molecule has 20 heavy (non-hydrogen) atoms. The lowest BCUT2D eigenvalue weighted by Crippen LogP contribution is -2.51. The van der Waals surface area contributed by atoms with Gasteiger partial charge in [-0.25, -0.2) is 0 Å². The summed E-state index contributed by atoms with van der Waals surface area (Å²) in [4.78, 5) is 13.2. The lowest BCUT2D eigenvalue weighted by molar-refractivity contribution is -0.148.